The average Bonchev–Trinajstić information content (AvgIpc) is 2.79. The Bertz CT molecular complexity index is 1480. The quantitative estimate of drug-likeness (QED) is 0.255. The summed E-state index contributed by atoms with van der Waals surface area (Å²) in [6.45, 7) is 0. The molecule has 4 rings (SSSR count). The second-order valence-corrected chi connectivity index (χ2v) is 7.01. The SMILES string of the molecule is O=c1c2ccccc2c(C=Nc2cccc([N+](=O)[O-])c2)c(O)n1-c1cccc(C(F)(F)F)c1. The highest BCUT2D eigenvalue weighted by atomic mass is 19.4. The van der Waals surface area contributed by atoms with Crippen molar-refractivity contribution < 1.29 is 23.2 Å². The van der Waals surface area contributed by atoms with E-state index < -0.39 is 28.1 Å². The summed E-state index contributed by atoms with van der Waals surface area (Å²) in [5, 5.41) is 22.4. The van der Waals surface area contributed by atoms with Crippen molar-refractivity contribution in [2.24, 2.45) is 4.99 Å². The Balaban J connectivity index is 1.94. The number of nitrogens with zero attached hydrogens (tertiary/aromatic N) is 3. The van der Waals surface area contributed by atoms with Crippen molar-refractivity contribution in [1.29, 1.82) is 0 Å². The van der Waals surface area contributed by atoms with E-state index in [9.17, 15) is 33.2 Å². The predicted octanol–water partition coefficient (Wildman–Crippen LogP) is 5.37. The van der Waals surface area contributed by atoms with E-state index in [1.54, 1.807) is 18.2 Å². The van der Waals surface area contributed by atoms with E-state index in [1.807, 2.05) is 0 Å². The van der Waals surface area contributed by atoms with Crippen LogP contribution in [0.4, 0.5) is 24.5 Å². The summed E-state index contributed by atoms with van der Waals surface area (Å²) >= 11 is 0. The van der Waals surface area contributed by atoms with Gasteiger partial charge < -0.3 is 5.11 Å². The molecular weight excluding hydrogens is 439 g/mol. The molecule has 0 aliphatic rings. The van der Waals surface area contributed by atoms with E-state index >= 15 is 0 Å². The van der Waals surface area contributed by atoms with Crippen LogP contribution >= 0.6 is 0 Å². The number of fused-ring (bicyclic) bond motifs is 1. The molecule has 4 aromatic rings. The van der Waals surface area contributed by atoms with Gasteiger partial charge in [-0.25, -0.2) is 4.57 Å². The smallest absolute Gasteiger partial charge is 0.416 e. The van der Waals surface area contributed by atoms with E-state index in [0.29, 0.717) is 5.39 Å². The van der Waals surface area contributed by atoms with Gasteiger partial charge in [0.2, 0.25) is 5.88 Å². The van der Waals surface area contributed by atoms with Gasteiger partial charge in [0.1, 0.15) is 0 Å². The van der Waals surface area contributed by atoms with Gasteiger partial charge >= 0.3 is 6.18 Å². The van der Waals surface area contributed by atoms with Crippen molar-refractivity contribution in [3.05, 3.63) is 104 Å². The number of aromatic hydroxyl groups is 1. The van der Waals surface area contributed by atoms with E-state index in [1.165, 1.54) is 42.6 Å². The number of benzene rings is 3. The molecule has 0 bridgehead atoms. The molecule has 33 heavy (non-hydrogen) atoms. The molecule has 1 N–H and O–H groups in total. The van der Waals surface area contributed by atoms with E-state index in [-0.39, 0.29) is 28.0 Å². The maximum atomic E-state index is 13.2. The molecule has 0 aliphatic heterocycles. The van der Waals surface area contributed by atoms with Crippen LogP contribution in [0.2, 0.25) is 0 Å². The van der Waals surface area contributed by atoms with Gasteiger partial charge in [-0.1, -0.05) is 30.3 Å². The zero-order chi connectivity index (χ0) is 23.8. The first kappa shape index (κ1) is 21.8. The van der Waals surface area contributed by atoms with Gasteiger partial charge in [-0.05, 0) is 30.3 Å². The summed E-state index contributed by atoms with van der Waals surface area (Å²) in [6.07, 6.45) is -3.43. The van der Waals surface area contributed by atoms with Gasteiger partial charge in [0.05, 0.1) is 27.4 Å². The molecule has 0 saturated carbocycles. The summed E-state index contributed by atoms with van der Waals surface area (Å²) in [5.74, 6) is -0.618. The lowest BCUT2D eigenvalue weighted by Gasteiger charge is -2.15. The normalized spacial score (nSPS) is 11.8. The predicted molar refractivity (Wildman–Crippen MR) is 117 cm³/mol. The number of hydrogen-bond donors (Lipinski definition) is 1. The van der Waals surface area contributed by atoms with Gasteiger partial charge in [0, 0.05) is 29.1 Å². The lowest BCUT2D eigenvalue weighted by atomic mass is 10.1. The lowest BCUT2D eigenvalue weighted by molar-refractivity contribution is -0.384. The first-order valence-electron chi connectivity index (χ1n) is 9.49. The largest absolute Gasteiger partial charge is 0.494 e. The maximum absolute atomic E-state index is 13.2. The molecule has 0 unspecified atom stereocenters. The number of nitro groups is 1. The van der Waals surface area contributed by atoms with Crippen molar-refractivity contribution >= 4 is 28.4 Å². The van der Waals surface area contributed by atoms with Crippen LogP contribution in [0.5, 0.6) is 5.88 Å². The van der Waals surface area contributed by atoms with Crippen molar-refractivity contribution in [2.75, 3.05) is 0 Å². The Kier molecular flexibility index (Phi) is 5.42. The van der Waals surface area contributed by atoms with Crippen LogP contribution in [0.1, 0.15) is 11.1 Å². The monoisotopic (exact) mass is 453 g/mol. The van der Waals surface area contributed by atoms with Crippen molar-refractivity contribution in [1.82, 2.24) is 4.57 Å². The summed E-state index contributed by atoms with van der Waals surface area (Å²) in [7, 11) is 0. The fourth-order valence-corrected chi connectivity index (χ4v) is 3.38. The van der Waals surface area contributed by atoms with Crippen LogP contribution < -0.4 is 5.56 Å². The number of halogens is 3. The fourth-order valence-electron chi connectivity index (χ4n) is 3.38. The van der Waals surface area contributed by atoms with Crippen LogP contribution in [-0.2, 0) is 6.18 Å². The Morgan fingerprint density at radius 3 is 2.36 bits per heavy atom. The molecule has 0 atom stereocenters. The Morgan fingerprint density at radius 1 is 0.970 bits per heavy atom. The van der Waals surface area contributed by atoms with Crippen LogP contribution in [-0.4, -0.2) is 20.8 Å². The molecule has 0 spiro atoms. The molecule has 0 saturated heterocycles. The molecule has 1 aromatic heterocycles. The van der Waals surface area contributed by atoms with E-state index in [0.717, 1.165) is 22.8 Å². The van der Waals surface area contributed by atoms with Gasteiger partial charge in [0.25, 0.3) is 11.2 Å². The molecule has 7 nitrogen and oxygen atoms in total. The van der Waals surface area contributed by atoms with Crippen molar-refractivity contribution in [2.45, 2.75) is 6.18 Å². The van der Waals surface area contributed by atoms with Crippen molar-refractivity contribution in [3.8, 4) is 11.6 Å². The van der Waals surface area contributed by atoms with Crippen molar-refractivity contribution in [3.63, 3.8) is 0 Å². The summed E-state index contributed by atoms with van der Waals surface area (Å²) in [5.41, 5.74) is -1.78. The Hall–Kier alpha value is -4.47. The van der Waals surface area contributed by atoms with Gasteiger partial charge in [-0.15, -0.1) is 0 Å². The van der Waals surface area contributed by atoms with Gasteiger partial charge in [0.15, 0.2) is 0 Å². The van der Waals surface area contributed by atoms with Crippen LogP contribution in [0.25, 0.3) is 16.5 Å². The summed E-state index contributed by atoms with van der Waals surface area (Å²) in [4.78, 5) is 27.6. The number of nitro benzene ring substituents is 1. The van der Waals surface area contributed by atoms with E-state index in [4.69, 9.17) is 0 Å². The standard InChI is InChI=1S/C23H14F3N3O4/c24-23(25,26)14-5-3-7-16(11-14)28-21(30)19-10-2-1-9-18(19)20(22(28)31)13-27-15-6-4-8-17(12-15)29(32)33/h1-13,31H. The van der Waals surface area contributed by atoms with Crippen LogP contribution in [0.15, 0.2) is 82.6 Å². The second kappa shape index (κ2) is 8.23. The molecule has 0 amide bonds. The molecule has 3 aromatic carbocycles. The fraction of sp³-hybridized carbons (Fsp3) is 0.0435. The van der Waals surface area contributed by atoms with E-state index in [2.05, 4.69) is 4.99 Å². The molecule has 166 valence electrons. The van der Waals surface area contributed by atoms with Gasteiger partial charge in [-0.2, -0.15) is 13.2 Å². The molecule has 0 aliphatic carbocycles. The Labute approximate surface area is 183 Å². The summed E-state index contributed by atoms with van der Waals surface area (Å²) < 4.78 is 40.4. The number of aromatic nitrogens is 1. The van der Waals surface area contributed by atoms with Crippen LogP contribution in [0.3, 0.4) is 0 Å². The minimum atomic E-state index is -4.64. The number of hydrogen-bond acceptors (Lipinski definition) is 5. The molecular formula is C23H14F3N3O4. The Morgan fingerprint density at radius 2 is 1.67 bits per heavy atom. The van der Waals surface area contributed by atoms with Gasteiger partial charge in [-0.3, -0.25) is 19.9 Å². The number of non-ortho nitro benzene ring substituents is 1. The third-order valence-electron chi connectivity index (χ3n) is 4.92. The first-order chi connectivity index (χ1) is 15.7. The zero-order valence-corrected chi connectivity index (χ0v) is 16.7. The minimum Gasteiger partial charge on any atom is -0.494 e. The highest BCUT2D eigenvalue weighted by Crippen LogP contribution is 2.32. The maximum Gasteiger partial charge on any atom is 0.416 e. The summed E-state index contributed by atoms with van der Waals surface area (Å²) in [6, 6.07) is 15.7. The van der Waals surface area contributed by atoms with Crippen LogP contribution in [0, 0.1) is 10.1 Å². The average molecular weight is 453 g/mol. The molecule has 0 fully saturated rings. The third-order valence-corrected chi connectivity index (χ3v) is 4.92. The number of rotatable bonds is 4. The second-order valence-electron chi connectivity index (χ2n) is 7.01. The molecule has 1 heterocycles. The third kappa shape index (κ3) is 4.18. The highest BCUT2D eigenvalue weighted by molar-refractivity contribution is 6.02. The molecule has 0 radical (unpaired) electrons. The minimum absolute atomic E-state index is 0.0640. The molecule has 10 heteroatoms. The number of aliphatic imine (C=N–C) groups is 1. The highest BCUT2D eigenvalue weighted by Gasteiger charge is 2.31. The number of alkyl halides is 3. The topological polar surface area (TPSA) is 97.7 Å². The zero-order valence-electron chi connectivity index (χ0n) is 16.7. The number of pyridine rings is 1. The lowest BCUT2D eigenvalue weighted by Crippen LogP contribution is -2.20. The first-order valence-corrected chi connectivity index (χ1v) is 9.49.